The van der Waals surface area contributed by atoms with Crippen LogP contribution in [0, 0.1) is 0 Å². The first-order valence-corrected chi connectivity index (χ1v) is 7.44. The molecule has 0 radical (unpaired) electrons. The number of benzene rings is 2. The Labute approximate surface area is 133 Å². The molecule has 2 aromatic rings. The Bertz CT molecular complexity index is 724. The molecule has 1 unspecified atom stereocenters. The molecule has 23 heavy (non-hydrogen) atoms. The summed E-state index contributed by atoms with van der Waals surface area (Å²) < 4.78 is 5.62. The molecular weight excluding hydrogens is 294 g/mol. The van der Waals surface area contributed by atoms with E-state index in [2.05, 4.69) is 5.32 Å². The van der Waals surface area contributed by atoms with Gasteiger partial charge in [-0.1, -0.05) is 36.4 Å². The molecule has 1 heterocycles. The van der Waals surface area contributed by atoms with Gasteiger partial charge in [0.15, 0.2) is 6.10 Å². The van der Waals surface area contributed by atoms with Gasteiger partial charge in [-0.05, 0) is 35.2 Å². The molecule has 118 valence electrons. The third-order valence-electron chi connectivity index (χ3n) is 3.90. The Balaban J connectivity index is 1.65. The lowest BCUT2D eigenvalue weighted by Crippen LogP contribution is -2.33. The molecule has 5 nitrogen and oxygen atoms in total. The van der Waals surface area contributed by atoms with E-state index >= 15 is 0 Å². The highest BCUT2D eigenvalue weighted by Crippen LogP contribution is 2.27. The number of carbonyl (C=O) groups is 2. The van der Waals surface area contributed by atoms with Crippen molar-refractivity contribution in [3.63, 3.8) is 0 Å². The number of hydrogen-bond acceptors (Lipinski definition) is 3. The van der Waals surface area contributed by atoms with Gasteiger partial charge in [0.1, 0.15) is 0 Å². The number of nitrogens with one attached hydrogen (secondary N) is 1. The molecule has 0 spiro atoms. The summed E-state index contributed by atoms with van der Waals surface area (Å²) in [7, 11) is 0. The number of amides is 1. The second-order valence-electron chi connectivity index (χ2n) is 5.42. The minimum atomic E-state index is -0.965. The van der Waals surface area contributed by atoms with Crippen molar-refractivity contribution >= 4 is 11.9 Å². The lowest BCUT2D eigenvalue weighted by Gasteiger charge is -2.25. The molecule has 2 aromatic carbocycles. The van der Waals surface area contributed by atoms with Gasteiger partial charge >= 0.3 is 5.97 Å². The van der Waals surface area contributed by atoms with Crippen molar-refractivity contribution in [1.82, 2.24) is 5.32 Å². The van der Waals surface area contributed by atoms with E-state index in [-0.39, 0.29) is 11.5 Å². The lowest BCUT2D eigenvalue weighted by atomic mass is 9.97. The second-order valence-corrected chi connectivity index (χ2v) is 5.42. The summed E-state index contributed by atoms with van der Waals surface area (Å²) in [4.78, 5) is 23.2. The maximum absolute atomic E-state index is 12.4. The summed E-state index contributed by atoms with van der Waals surface area (Å²) in [5.41, 5.74) is 3.12. The largest absolute Gasteiger partial charge is 0.478 e. The molecule has 1 atom stereocenters. The SMILES string of the molecule is O=C(O)c1ccc(CNC(=O)C2OCCc3ccccc32)cc1. The monoisotopic (exact) mass is 311 g/mol. The van der Waals surface area contributed by atoms with E-state index < -0.39 is 12.1 Å². The van der Waals surface area contributed by atoms with Crippen LogP contribution in [0.5, 0.6) is 0 Å². The van der Waals surface area contributed by atoms with Crippen molar-refractivity contribution < 1.29 is 19.4 Å². The van der Waals surface area contributed by atoms with Gasteiger partial charge in [-0.25, -0.2) is 4.79 Å². The highest BCUT2D eigenvalue weighted by molar-refractivity contribution is 5.87. The average Bonchev–Trinajstić information content (AvgIpc) is 2.59. The van der Waals surface area contributed by atoms with Crippen LogP contribution >= 0.6 is 0 Å². The molecule has 0 aromatic heterocycles. The van der Waals surface area contributed by atoms with Crippen LogP contribution in [0.1, 0.15) is 33.2 Å². The number of hydrogen-bond donors (Lipinski definition) is 2. The summed E-state index contributed by atoms with van der Waals surface area (Å²) >= 11 is 0. The number of fused-ring (bicyclic) bond motifs is 1. The van der Waals surface area contributed by atoms with Crippen LogP contribution in [-0.2, 0) is 22.5 Å². The van der Waals surface area contributed by atoms with Crippen molar-refractivity contribution in [2.75, 3.05) is 6.61 Å². The molecule has 1 aliphatic heterocycles. The quantitative estimate of drug-likeness (QED) is 0.908. The molecule has 0 saturated carbocycles. The Kier molecular flexibility index (Phi) is 4.39. The normalized spacial score (nSPS) is 16.4. The Morgan fingerprint density at radius 1 is 1.13 bits per heavy atom. The molecule has 0 aliphatic carbocycles. The van der Waals surface area contributed by atoms with E-state index in [0.717, 1.165) is 23.1 Å². The van der Waals surface area contributed by atoms with Crippen molar-refractivity contribution in [1.29, 1.82) is 0 Å². The highest BCUT2D eigenvalue weighted by Gasteiger charge is 2.26. The molecule has 0 fully saturated rings. The standard InChI is InChI=1S/C18H17NO4/c20-17(16-15-4-2-1-3-13(15)9-10-23-16)19-11-12-5-7-14(8-6-12)18(21)22/h1-8,16H,9-11H2,(H,19,20)(H,21,22). The van der Waals surface area contributed by atoms with Crippen LogP contribution in [0.25, 0.3) is 0 Å². The van der Waals surface area contributed by atoms with Crippen LogP contribution in [-0.4, -0.2) is 23.6 Å². The van der Waals surface area contributed by atoms with Crippen molar-refractivity contribution in [2.45, 2.75) is 19.1 Å². The zero-order chi connectivity index (χ0) is 16.2. The van der Waals surface area contributed by atoms with Crippen LogP contribution in [0.4, 0.5) is 0 Å². The molecule has 1 amide bonds. The van der Waals surface area contributed by atoms with Crippen LogP contribution in [0.2, 0.25) is 0 Å². The maximum Gasteiger partial charge on any atom is 0.335 e. The van der Waals surface area contributed by atoms with E-state index in [0.29, 0.717) is 13.2 Å². The van der Waals surface area contributed by atoms with Crippen molar-refractivity contribution in [2.24, 2.45) is 0 Å². The number of carboxylic acid groups (broad SMARTS) is 1. The topological polar surface area (TPSA) is 75.6 Å². The lowest BCUT2D eigenvalue weighted by molar-refractivity contribution is -0.134. The molecule has 0 bridgehead atoms. The number of aromatic carboxylic acids is 1. The van der Waals surface area contributed by atoms with Crippen molar-refractivity contribution in [3.05, 3.63) is 70.8 Å². The van der Waals surface area contributed by atoms with Crippen LogP contribution in [0.15, 0.2) is 48.5 Å². The smallest absolute Gasteiger partial charge is 0.335 e. The fourth-order valence-electron chi connectivity index (χ4n) is 2.66. The third-order valence-corrected chi connectivity index (χ3v) is 3.90. The molecular formula is C18H17NO4. The predicted octanol–water partition coefficient (Wildman–Crippen LogP) is 2.32. The van der Waals surface area contributed by atoms with Crippen molar-refractivity contribution in [3.8, 4) is 0 Å². The summed E-state index contributed by atoms with van der Waals surface area (Å²) in [6.07, 6.45) is 0.231. The van der Waals surface area contributed by atoms with Gasteiger partial charge in [0, 0.05) is 6.54 Å². The van der Waals surface area contributed by atoms with Gasteiger partial charge in [0.2, 0.25) is 0 Å². The fourth-order valence-corrected chi connectivity index (χ4v) is 2.66. The minimum Gasteiger partial charge on any atom is -0.478 e. The first kappa shape index (κ1) is 15.2. The van der Waals surface area contributed by atoms with E-state index in [1.807, 2.05) is 24.3 Å². The zero-order valence-corrected chi connectivity index (χ0v) is 12.5. The van der Waals surface area contributed by atoms with E-state index in [1.165, 1.54) is 12.1 Å². The summed E-state index contributed by atoms with van der Waals surface area (Å²) in [5.74, 6) is -1.15. The maximum atomic E-state index is 12.4. The van der Waals surface area contributed by atoms with Gasteiger partial charge in [-0.15, -0.1) is 0 Å². The average molecular weight is 311 g/mol. The minimum absolute atomic E-state index is 0.181. The van der Waals surface area contributed by atoms with Gasteiger partial charge in [-0.3, -0.25) is 4.79 Å². The first-order valence-electron chi connectivity index (χ1n) is 7.44. The molecule has 3 rings (SSSR count). The fraction of sp³-hybridized carbons (Fsp3) is 0.222. The van der Waals surface area contributed by atoms with Gasteiger partial charge < -0.3 is 15.2 Å². The Morgan fingerprint density at radius 3 is 2.61 bits per heavy atom. The Hall–Kier alpha value is -2.66. The molecule has 0 saturated heterocycles. The number of carboxylic acids is 1. The van der Waals surface area contributed by atoms with Crippen LogP contribution in [0.3, 0.4) is 0 Å². The number of ether oxygens (including phenoxy) is 1. The van der Waals surface area contributed by atoms with Gasteiger partial charge in [0.05, 0.1) is 12.2 Å². The molecule has 1 aliphatic rings. The Morgan fingerprint density at radius 2 is 1.87 bits per heavy atom. The first-order chi connectivity index (χ1) is 11.1. The van der Waals surface area contributed by atoms with E-state index in [4.69, 9.17) is 9.84 Å². The summed E-state index contributed by atoms with van der Waals surface area (Å²) in [5, 5.41) is 11.7. The predicted molar refractivity (Wildman–Crippen MR) is 84.1 cm³/mol. The van der Waals surface area contributed by atoms with Gasteiger partial charge in [-0.2, -0.15) is 0 Å². The number of carbonyl (C=O) groups excluding carboxylic acids is 1. The van der Waals surface area contributed by atoms with E-state index in [1.54, 1.807) is 12.1 Å². The second kappa shape index (κ2) is 6.62. The third kappa shape index (κ3) is 3.40. The summed E-state index contributed by atoms with van der Waals surface area (Å²) in [6.45, 7) is 0.864. The van der Waals surface area contributed by atoms with Gasteiger partial charge in [0.25, 0.3) is 5.91 Å². The highest BCUT2D eigenvalue weighted by atomic mass is 16.5. The molecule has 5 heteroatoms. The zero-order valence-electron chi connectivity index (χ0n) is 12.5. The summed E-state index contributed by atoms with van der Waals surface area (Å²) in [6, 6.07) is 14.2. The van der Waals surface area contributed by atoms with Crippen LogP contribution < -0.4 is 5.32 Å². The van der Waals surface area contributed by atoms with E-state index in [9.17, 15) is 9.59 Å². The number of rotatable bonds is 4. The molecule has 2 N–H and O–H groups in total.